The number of ether oxygens (including phenoxy) is 1. The molecule has 0 saturated heterocycles. The fraction of sp³-hybridized carbons (Fsp3) is 0.429. The largest absolute Gasteiger partial charge is 0.480 e. The molecule has 2 rings (SSSR count). The summed E-state index contributed by atoms with van der Waals surface area (Å²) >= 11 is 0. The molecule has 0 aliphatic carbocycles. The van der Waals surface area contributed by atoms with Gasteiger partial charge in [0.2, 0.25) is 5.91 Å². The highest BCUT2D eigenvalue weighted by atomic mass is 16.5. The van der Waals surface area contributed by atoms with Gasteiger partial charge < -0.3 is 14.7 Å². The van der Waals surface area contributed by atoms with Gasteiger partial charge in [-0.05, 0) is 18.1 Å². The Morgan fingerprint density at radius 2 is 2.05 bits per heavy atom. The molecule has 1 aliphatic heterocycles. The van der Waals surface area contributed by atoms with Crippen molar-refractivity contribution in [3.8, 4) is 0 Å². The number of carboxylic acid groups (broad SMARTS) is 1. The summed E-state index contributed by atoms with van der Waals surface area (Å²) in [5.74, 6) is -1.25. The minimum absolute atomic E-state index is 0.0670. The van der Waals surface area contributed by atoms with Gasteiger partial charge in [-0.1, -0.05) is 24.3 Å². The predicted octanol–water partition coefficient (Wildman–Crippen LogP) is 1.06. The molecule has 1 aromatic rings. The minimum atomic E-state index is -0.973. The highest BCUT2D eigenvalue weighted by molar-refractivity contribution is 5.85. The van der Waals surface area contributed by atoms with E-state index in [1.165, 1.54) is 4.90 Å². The SMILES string of the molecule is CCOCC(=O)N1Cc2ccccc2C[C@H]1C(=O)O. The lowest BCUT2D eigenvalue weighted by atomic mass is 9.94. The lowest BCUT2D eigenvalue weighted by Crippen LogP contribution is -2.49. The molecule has 0 bridgehead atoms. The Bertz CT molecular complexity index is 486. The van der Waals surface area contributed by atoms with Crippen LogP contribution in [0.25, 0.3) is 0 Å². The van der Waals surface area contributed by atoms with Gasteiger partial charge in [0.25, 0.3) is 0 Å². The average molecular weight is 263 g/mol. The van der Waals surface area contributed by atoms with Crippen LogP contribution in [0.3, 0.4) is 0 Å². The molecule has 102 valence electrons. The van der Waals surface area contributed by atoms with Gasteiger partial charge >= 0.3 is 5.97 Å². The molecule has 0 unspecified atom stereocenters. The zero-order valence-corrected chi connectivity index (χ0v) is 10.8. The molecule has 1 N–H and O–H groups in total. The molecular weight excluding hydrogens is 246 g/mol. The number of aliphatic carboxylic acids is 1. The number of nitrogens with zero attached hydrogens (tertiary/aromatic N) is 1. The van der Waals surface area contributed by atoms with Gasteiger partial charge in [-0.15, -0.1) is 0 Å². The molecule has 5 nitrogen and oxygen atoms in total. The second-order valence-corrected chi connectivity index (χ2v) is 4.49. The Morgan fingerprint density at radius 3 is 2.68 bits per heavy atom. The maximum absolute atomic E-state index is 12.0. The van der Waals surface area contributed by atoms with E-state index >= 15 is 0 Å². The van der Waals surface area contributed by atoms with E-state index in [9.17, 15) is 14.7 Å². The first-order valence-corrected chi connectivity index (χ1v) is 6.30. The maximum atomic E-state index is 12.0. The fourth-order valence-electron chi connectivity index (χ4n) is 2.28. The number of fused-ring (bicyclic) bond motifs is 1. The monoisotopic (exact) mass is 263 g/mol. The van der Waals surface area contributed by atoms with Gasteiger partial charge in [0.1, 0.15) is 12.6 Å². The normalized spacial score (nSPS) is 17.9. The molecule has 1 aliphatic rings. The summed E-state index contributed by atoms with van der Waals surface area (Å²) in [4.78, 5) is 24.7. The first-order chi connectivity index (χ1) is 9.13. The third-order valence-electron chi connectivity index (χ3n) is 3.28. The molecule has 1 atom stereocenters. The van der Waals surface area contributed by atoms with Crippen molar-refractivity contribution < 1.29 is 19.4 Å². The van der Waals surface area contributed by atoms with Crippen LogP contribution in [0.5, 0.6) is 0 Å². The van der Waals surface area contributed by atoms with Crippen LogP contribution in [-0.4, -0.2) is 41.1 Å². The third kappa shape index (κ3) is 2.93. The molecule has 0 saturated carbocycles. The van der Waals surface area contributed by atoms with Crippen LogP contribution in [0.15, 0.2) is 24.3 Å². The molecule has 1 aromatic carbocycles. The quantitative estimate of drug-likeness (QED) is 0.882. The number of benzene rings is 1. The van der Waals surface area contributed by atoms with E-state index in [1.54, 1.807) is 6.92 Å². The van der Waals surface area contributed by atoms with Gasteiger partial charge in [0.15, 0.2) is 0 Å². The van der Waals surface area contributed by atoms with Crippen molar-refractivity contribution in [3.05, 3.63) is 35.4 Å². The lowest BCUT2D eigenvalue weighted by molar-refractivity contribution is -0.153. The Balaban J connectivity index is 2.21. The van der Waals surface area contributed by atoms with Crippen molar-refractivity contribution >= 4 is 11.9 Å². The van der Waals surface area contributed by atoms with Gasteiger partial charge in [-0.3, -0.25) is 4.79 Å². The van der Waals surface area contributed by atoms with E-state index in [0.717, 1.165) is 11.1 Å². The van der Waals surface area contributed by atoms with Crippen LogP contribution in [-0.2, 0) is 27.3 Å². The standard InChI is InChI=1S/C14H17NO4/c1-2-19-9-13(16)15-8-11-6-4-3-5-10(11)7-12(15)14(17)18/h3-6,12H,2,7-9H2,1H3,(H,17,18)/t12-/m0/s1. The molecule has 19 heavy (non-hydrogen) atoms. The minimum Gasteiger partial charge on any atom is -0.480 e. The zero-order chi connectivity index (χ0) is 13.8. The summed E-state index contributed by atoms with van der Waals surface area (Å²) < 4.78 is 5.08. The van der Waals surface area contributed by atoms with Crippen LogP contribution < -0.4 is 0 Å². The van der Waals surface area contributed by atoms with E-state index in [2.05, 4.69) is 0 Å². The van der Waals surface area contributed by atoms with Crippen molar-refractivity contribution in [1.82, 2.24) is 4.90 Å². The summed E-state index contributed by atoms with van der Waals surface area (Å²) in [6, 6.07) is 6.81. The summed E-state index contributed by atoms with van der Waals surface area (Å²) in [6.07, 6.45) is 0.351. The summed E-state index contributed by atoms with van der Waals surface area (Å²) in [7, 11) is 0. The predicted molar refractivity (Wildman–Crippen MR) is 68.6 cm³/mol. The first-order valence-electron chi connectivity index (χ1n) is 6.30. The second kappa shape index (κ2) is 5.84. The molecule has 0 aromatic heterocycles. The van der Waals surface area contributed by atoms with E-state index in [4.69, 9.17) is 4.74 Å². The highest BCUT2D eigenvalue weighted by Gasteiger charge is 2.34. The molecule has 0 fully saturated rings. The van der Waals surface area contributed by atoms with Crippen LogP contribution in [0.2, 0.25) is 0 Å². The average Bonchev–Trinajstić information content (AvgIpc) is 2.43. The number of amides is 1. The number of carboxylic acids is 1. The summed E-state index contributed by atoms with van der Waals surface area (Å²) in [6.45, 7) is 2.50. The number of carbonyl (C=O) groups is 2. The molecule has 5 heteroatoms. The van der Waals surface area contributed by atoms with Crippen molar-refractivity contribution in [2.75, 3.05) is 13.2 Å². The third-order valence-corrected chi connectivity index (χ3v) is 3.28. The van der Waals surface area contributed by atoms with Gasteiger partial charge in [-0.25, -0.2) is 4.79 Å². The molecule has 0 spiro atoms. The lowest BCUT2D eigenvalue weighted by Gasteiger charge is -2.34. The van der Waals surface area contributed by atoms with Crippen LogP contribution in [0, 0.1) is 0 Å². The number of carbonyl (C=O) groups excluding carboxylic acids is 1. The van der Waals surface area contributed by atoms with Gasteiger partial charge in [0.05, 0.1) is 0 Å². The van der Waals surface area contributed by atoms with E-state index in [-0.39, 0.29) is 12.5 Å². The fourth-order valence-corrected chi connectivity index (χ4v) is 2.28. The summed E-state index contributed by atoms with van der Waals surface area (Å²) in [5.41, 5.74) is 2.00. The number of rotatable bonds is 4. The second-order valence-electron chi connectivity index (χ2n) is 4.49. The van der Waals surface area contributed by atoms with Crippen LogP contribution in [0.1, 0.15) is 18.1 Å². The highest BCUT2D eigenvalue weighted by Crippen LogP contribution is 2.23. The Hall–Kier alpha value is -1.88. The number of hydrogen-bond donors (Lipinski definition) is 1. The molecular formula is C14H17NO4. The Kier molecular flexibility index (Phi) is 4.16. The first kappa shape index (κ1) is 13.5. The van der Waals surface area contributed by atoms with Crippen molar-refractivity contribution in [2.45, 2.75) is 25.9 Å². The van der Waals surface area contributed by atoms with Crippen molar-refractivity contribution in [1.29, 1.82) is 0 Å². The summed E-state index contributed by atoms with van der Waals surface area (Å²) in [5, 5.41) is 9.27. The molecule has 1 amide bonds. The molecule has 1 heterocycles. The zero-order valence-electron chi connectivity index (χ0n) is 10.8. The van der Waals surface area contributed by atoms with Crippen molar-refractivity contribution in [3.63, 3.8) is 0 Å². The Labute approximate surface area is 111 Å². The van der Waals surface area contributed by atoms with Crippen molar-refractivity contribution in [2.24, 2.45) is 0 Å². The number of hydrogen-bond acceptors (Lipinski definition) is 3. The topological polar surface area (TPSA) is 66.8 Å². The van der Waals surface area contributed by atoms with Gasteiger partial charge in [0, 0.05) is 19.6 Å². The maximum Gasteiger partial charge on any atom is 0.326 e. The van der Waals surface area contributed by atoms with E-state index in [0.29, 0.717) is 19.6 Å². The Morgan fingerprint density at radius 1 is 1.37 bits per heavy atom. The molecule has 0 radical (unpaired) electrons. The smallest absolute Gasteiger partial charge is 0.326 e. The van der Waals surface area contributed by atoms with Crippen LogP contribution in [0.4, 0.5) is 0 Å². The van der Waals surface area contributed by atoms with Crippen LogP contribution >= 0.6 is 0 Å². The van der Waals surface area contributed by atoms with Gasteiger partial charge in [-0.2, -0.15) is 0 Å². The van der Waals surface area contributed by atoms with E-state index in [1.807, 2.05) is 24.3 Å². The van der Waals surface area contributed by atoms with E-state index < -0.39 is 12.0 Å².